The maximum atomic E-state index is 14.8. The van der Waals surface area contributed by atoms with Crippen molar-refractivity contribution in [2.75, 3.05) is 31.2 Å². The Balaban J connectivity index is 1.58. The Morgan fingerprint density at radius 2 is 1.76 bits per heavy atom. The number of amides is 3. The molecule has 1 N–H and O–H groups in total. The number of likely N-dealkylation sites (tertiary alicyclic amines) is 1. The Morgan fingerprint density at radius 3 is 2.35 bits per heavy atom. The van der Waals surface area contributed by atoms with E-state index in [2.05, 4.69) is 13.2 Å². The number of rotatable bonds is 13. The molecule has 2 aromatic carbocycles. The van der Waals surface area contributed by atoms with Gasteiger partial charge in [0.2, 0.25) is 17.7 Å². The summed E-state index contributed by atoms with van der Waals surface area (Å²) in [6.07, 6.45) is 4.18. The van der Waals surface area contributed by atoms with E-state index >= 15 is 0 Å². The number of benzene rings is 2. The molecule has 46 heavy (non-hydrogen) atoms. The molecular weight excluding hydrogens is 582 g/mol. The zero-order chi connectivity index (χ0) is 33.2. The standard InChI is InChI=1S/C37H47N3O6/c1-7-21-38(26-15-17-28(18-16-26)45-9-3)33(42)30-29-19-20-37(46-29)31(30)34(43)40(27(24-41)23-25-13-11-10-12-14-25)32(37)35(44)39(22-8-2)36(4,5)6/h7-8,10-18,27,29-32,41H,1-2,9,19-24H2,3-6H3/t27-,29+,30-,31+,32?,37?/m1/s1. The van der Waals surface area contributed by atoms with Gasteiger partial charge in [0, 0.05) is 24.3 Å². The van der Waals surface area contributed by atoms with E-state index in [0.29, 0.717) is 37.3 Å². The van der Waals surface area contributed by atoms with Gasteiger partial charge in [-0.15, -0.1) is 13.2 Å². The smallest absolute Gasteiger partial charge is 0.249 e. The van der Waals surface area contributed by atoms with E-state index in [1.165, 1.54) is 0 Å². The lowest BCUT2D eigenvalue weighted by Crippen LogP contribution is -2.62. The number of aliphatic hydroxyl groups excluding tert-OH is 1. The molecule has 5 rings (SSSR count). The highest BCUT2D eigenvalue weighted by molar-refractivity contribution is 6.03. The molecule has 1 spiro atoms. The molecule has 0 saturated carbocycles. The van der Waals surface area contributed by atoms with Crippen LogP contribution in [-0.2, 0) is 25.5 Å². The Labute approximate surface area is 272 Å². The van der Waals surface area contributed by atoms with Gasteiger partial charge in [-0.25, -0.2) is 0 Å². The zero-order valence-corrected chi connectivity index (χ0v) is 27.4. The largest absolute Gasteiger partial charge is 0.494 e. The summed E-state index contributed by atoms with van der Waals surface area (Å²) < 4.78 is 12.3. The topological polar surface area (TPSA) is 99.6 Å². The first-order valence-electron chi connectivity index (χ1n) is 16.2. The quantitative estimate of drug-likeness (QED) is 0.330. The minimum Gasteiger partial charge on any atom is -0.494 e. The van der Waals surface area contributed by atoms with Crippen LogP contribution in [0.4, 0.5) is 5.69 Å². The Hall–Kier alpha value is -3.95. The van der Waals surface area contributed by atoms with Gasteiger partial charge < -0.3 is 29.3 Å². The van der Waals surface area contributed by atoms with Gasteiger partial charge in [0.1, 0.15) is 17.4 Å². The van der Waals surface area contributed by atoms with Crippen LogP contribution in [0.25, 0.3) is 0 Å². The minimum atomic E-state index is -1.20. The fraction of sp³-hybridized carbons (Fsp3) is 0.486. The lowest BCUT2D eigenvalue weighted by molar-refractivity contribution is -0.154. The number of anilines is 1. The maximum absolute atomic E-state index is 14.8. The van der Waals surface area contributed by atoms with Crippen LogP contribution in [0.1, 0.15) is 46.1 Å². The molecular formula is C37H47N3O6. The molecule has 2 unspecified atom stereocenters. The fourth-order valence-corrected chi connectivity index (χ4v) is 7.67. The number of ether oxygens (including phenoxy) is 2. The van der Waals surface area contributed by atoms with E-state index in [1.54, 1.807) is 26.9 Å². The highest BCUT2D eigenvalue weighted by atomic mass is 16.5. The monoisotopic (exact) mass is 629 g/mol. The summed E-state index contributed by atoms with van der Waals surface area (Å²) in [7, 11) is 0. The molecule has 9 nitrogen and oxygen atoms in total. The van der Waals surface area contributed by atoms with Crippen molar-refractivity contribution in [1.82, 2.24) is 9.80 Å². The van der Waals surface area contributed by atoms with Crippen LogP contribution in [0.5, 0.6) is 5.75 Å². The molecule has 2 aromatic rings. The van der Waals surface area contributed by atoms with E-state index in [1.807, 2.05) is 82.3 Å². The van der Waals surface area contributed by atoms with E-state index < -0.39 is 41.2 Å². The third-order valence-electron chi connectivity index (χ3n) is 9.60. The number of hydrogen-bond donors (Lipinski definition) is 1. The molecule has 0 aliphatic carbocycles. The summed E-state index contributed by atoms with van der Waals surface area (Å²) in [4.78, 5) is 49.0. The number of fused-ring (bicyclic) bond motifs is 1. The predicted molar refractivity (Wildman–Crippen MR) is 177 cm³/mol. The molecule has 0 radical (unpaired) electrons. The third kappa shape index (κ3) is 5.86. The molecule has 3 saturated heterocycles. The number of nitrogens with zero attached hydrogens (tertiary/aromatic N) is 3. The second kappa shape index (κ2) is 13.4. The van der Waals surface area contributed by atoms with Crippen LogP contribution < -0.4 is 9.64 Å². The maximum Gasteiger partial charge on any atom is 0.249 e. The second-order valence-electron chi connectivity index (χ2n) is 13.4. The number of hydrogen-bond acceptors (Lipinski definition) is 6. The number of carbonyl (C=O) groups excluding carboxylic acids is 3. The lowest BCUT2D eigenvalue weighted by Gasteiger charge is -2.43. The minimum absolute atomic E-state index is 0.237. The average Bonchev–Trinajstić information content (AvgIpc) is 3.68. The number of aliphatic hydroxyl groups is 1. The van der Waals surface area contributed by atoms with Gasteiger partial charge in [0.05, 0.1) is 37.2 Å². The van der Waals surface area contributed by atoms with Gasteiger partial charge in [-0.1, -0.05) is 42.5 Å². The first-order chi connectivity index (χ1) is 22.0. The van der Waals surface area contributed by atoms with Crippen molar-refractivity contribution in [3.63, 3.8) is 0 Å². The predicted octanol–water partition coefficient (Wildman–Crippen LogP) is 4.40. The summed E-state index contributed by atoms with van der Waals surface area (Å²) in [5, 5.41) is 10.8. The molecule has 6 atom stereocenters. The van der Waals surface area contributed by atoms with Crippen LogP contribution in [0, 0.1) is 11.8 Å². The summed E-state index contributed by atoms with van der Waals surface area (Å²) in [6.45, 7) is 16.2. The molecule has 246 valence electrons. The normalized spacial score (nSPS) is 25.6. The molecule has 3 amide bonds. The van der Waals surface area contributed by atoms with Crippen LogP contribution in [0.3, 0.4) is 0 Å². The Bertz CT molecular complexity index is 1440. The van der Waals surface area contributed by atoms with E-state index in [9.17, 15) is 19.5 Å². The first-order valence-corrected chi connectivity index (χ1v) is 16.2. The van der Waals surface area contributed by atoms with Crippen LogP contribution in [0.15, 0.2) is 79.9 Å². The lowest BCUT2D eigenvalue weighted by atomic mass is 9.70. The van der Waals surface area contributed by atoms with Crippen LogP contribution >= 0.6 is 0 Å². The molecule has 3 aliphatic heterocycles. The summed E-state index contributed by atoms with van der Waals surface area (Å²) in [6, 6.07) is 15.2. The van der Waals surface area contributed by atoms with Crippen molar-refractivity contribution in [2.24, 2.45) is 11.8 Å². The van der Waals surface area contributed by atoms with Crippen molar-refractivity contribution in [3.8, 4) is 5.75 Å². The molecule has 9 heteroatoms. The average molecular weight is 630 g/mol. The fourth-order valence-electron chi connectivity index (χ4n) is 7.67. The van der Waals surface area contributed by atoms with Gasteiger partial charge in [-0.3, -0.25) is 14.4 Å². The molecule has 2 bridgehead atoms. The summed E-state index contributed by atoms with van der Waals surface area (Å²) >= 11 is 0. The van der Waals surface area contributed by atoms with E-state index in [4.69, 9.17) is 9.47 Å². The van der Waals surface area contributed by atoms with Gasteiger partial charge in [-0.2, -0.15) is 0 Å². The molecule has 0 aromatic heterocycles. The SMILES string of the molecule is C=CCN(C(=O)[C@@H]1[C@@H]2CCC3(O2)C(C(=O)N(CC=C)C(C)(C)C)N([C@@H](CO)Cc2ccccc2)C(=O)[C@H]13)c1ccc(OCC)cc1. The number of carbonyl (C=O) groups is 3. The first kappa shape index (κ1) is 33.4. The highest BCUT2D eigenvalue weighted by Gasteiger charge is 2.75. The van der Waals surface area contributed by atoms with E-state index in [-0.39, 0.29) is 37.4 Å². The van der Waals surface area contributed by atoms with Gasteiger partial charge in [0.25, 0.3) is 0 Å². The van der Waals surface area contributed by atoms with Crippen LogP contribution in [0.2, 0.25) is 0 Å². The third-order valence-corrected chi connectivity index (χ3v) is 9.60. The Morgan fingerprint density at radius 1 is 1.09 bits per heavy atom. The zero-order valence-electron chi connectivity index (χ0n) is 27.4. The second-order valence-corrected chi connectivity index (χ2v) is 13.4. The van der Waals surface area contributed by atoms with Crippen molar-refractivity contribution in [1.29, 1.82) is 0 Å². The molecule has 3 aliphatic rings. The molecule has 3 heterocycles. The van der Waals surface area contributed by atoms with Crippen LogP contribution in [-0.4, -0.2) is 88.3 Å². The highest BCUT2D eigenvalue weighted by Crippen LogP contribution is 2.59. The summed E-state index contributed by atoms with van der Waals surface area (Å²) in [5.74, 6) is -1.82. The van der Waals surface area contributed by atoms with Crippen molar-refractivity contribution in [2.45, 2.75) is 76.3 Å². The van der Waals surface area contributed by atoms with Gasteiger partial charge in [0.15, 0.2) is 0 Å². The molecule has 3 fully saturated rings. The van der Waals surface area contributed by atoms with Gasteiger partial charge in [-0.05, 0) is 76.8 Å². The van der Waals surface area contributed by atoms with Crippen molar-refractivity contribution >= 4 is 23.4 Å². The van der Waals surface area contributed by atoms with Crippen molar-refractivity contribution < 1.29 is 29.0 Å². The van der Waals surface area contributed by atoms with E-state index in [0.717, 1.165) is 5.56 Å². The Kier molecular flexibility index (Phi) is 9.75. The van der Waals surface area contributed by atoms with Crippen molar-refractivity contribution in [3.05, 3.63) is 85.5 Å². The summed E-state index contributed by atoms with van der Waals surface area (Å²) in [5.41, 5.74) is -0.197. The van der Waals surface area contributed by atoms with Gasteiger partial charge >= 0.3 is 0 Å².